The van der Waals surface area contributed by atoms with E-state index in [1.807, 2.05) is 18.2 Å². The van der Waals surface area contributed by atoms with E-state index in [2.05, 4.69) is 164 Å². The highest BCUT2D eigenvalue weighted by Crippen LogP contribution is 2.51. The number of hydrogen-bond donors (Lipinski definition) is 0. The van der Waals surface area contributed by atoms with Gasteiger partial charge >= 0.3 is 0 Å². The van der Waals surface area contributed by atoms with Gasteiger partial charge in [-0.15, -0.1) is 0 Å². The van der Waals surface area contributed by atoms with Crippen LogP contribution in [0.1, 0.15) is 25.0 Å². The van der Waals surface area contributed by atoms with E-state index < -0.39 is 0 Å². The fourth-order valence-corrected chi connectivity index (χ4v) is 9.12. The first-order valence-electron chi connectivity index (χ1n) is 18.8. The van der Waals surface area contributed by atoms with Crippen molar-refractivity contribution in [3.05, 3.63) is 175 Å². The molecule has 3 heterocycles. The van der Waals surface area contributed by atoms with Gasteiger partial charge in [0.15, 0.2) is 0 Å². The second-order valence-corrected chi connectivity index (χ2v) is 15.3. The summed E-state index contributed by atoms with van der Waals surface area (Å²) in [5.41, 5.74) is 15.8. The predicted molar refractivity (Wildman–Crippen MR) is 226 cm³/mol. The predicted octanol–water partition coefficient (Wildman–Crippen LogP) is 14.8. The van der Waals surface area contributed by atoms with Gasteiger partial charge in [0.25, 0.3) is 0 Å². The summed E-state index contributed by atoms with van der Waals surface area (Å²) in [6.07, 6.45) is 0. The summed E-state index contributed by atoms with van der Waals surface area (Å²) in [6, 6.07) is 58.2. The topological polar surface area (TPSA) is 42.7 Å². The van der Waals surface area contributed by atoms with Crippen LogP contribution in [0.5, 0.6) is 0 Å². The number of anilines is 3. The number of benzene rings is 8. The number of nitrogens with zero attached hydrogens (tertiary/aromatic N) is 1. The van der Waals surface area contributed by atoms with Gasteiger partial charge in [0.05, 0.1) is 0 Å². The van der Waals surface area contributed by atoms with Crippen molar-refractivity contribution in [3.63, 3.8) is 0 Å². The molecule has 4 heteroatoms. The van der Waals surface area contributed by atoms with Crippen LogP contribution in [0, 0.1) is 0 Å². The molecule has 3 aromatic heterocycles. The van der Waals surface area contributed by atoms with E-state index in [4.69, 9.17) is 13.3 Å². The Morgan fingerprint density at radius 3 is 1.76 bits per heavy atom. The Kier molecular flexibility index (Phi) is 6.09. The molecule has 0 unspecified atom stereocenters. The third kappa shape index (κ3) is 4.40. The Morgan fingerprint density at radius 2 is 0.891 bits per heavy atom. The maximum atomic E-state index is 6.74. The molecule has 0 spiro atoms. The van der Waals surface area contributed by atoms with Crippen LogP contribution in [-0.2, 0) is 5.41 Å². The fourth-order valence-electron chi connectivity index (χ4n) is 9.12. The minimum absolute atomic E-state index is 0.135. The average molecular weight is 708 g/mol. The second kappa shape index (κ2) is 11.0. The van der Waals surface area contributed by atoms with Gasteiger partial charge in [-0.1, -0.05) is 98.8 Å². The van der Waals surface area contributed by atoms with E-state index in [1.54, 1.807) is 0 Å². The maximum Gasteiger partial charge on any atom is 0.137 e. The van der Waals surface area contributed by atoms with Gasteiger partial charge in [-0.3, -0.25) is 0 Å². The molecular weight excluding hydrogens is 675 g/mol. The molecule has 0 aliphatic heterocycles. The zero-order chi connectivity index (χ0) is 36.4. The first-order chi connectivity index (χ1) is 27.0. The minimum Gasteiger partial charge on any atom is -0.456 e. The van der Waals surface area contributed by atoms with Gasteiger partial charge in [-0.25, -0.2) is 0 Å². The molecule has 260 valence electrons. The van der Waals surface area contributed by atoms with Crippen LogP contribution in [0.25, 0.3) is 88.1 Å². The summed E-state index contributed by atoms with van der Waals surface area (Å²) in [6.45, 7) is 4.66. The highest BCUT2D eigenvalue weighted by Gasteiger charge is 2.35. The van der Waals surface area contributed by atoms with Crippen LogP contribution in [0.2, 0.25) is 0 Å². The molecule has 0 atom stereocenters. The van der Waals surface area contributed by atoms with Crippen molar-refractivity contribution in [3.8, 4) is 22.3 Å². The molecule has 0 fully saturated rings. The van der Waals surface area contributed by atoms with Gasteiger partial charge in [0, 0.05) is 60.9 Å². The molecule has 8 aromatic carbocycles. The van der Waals surface area contributed by atoms with E-state index in [0.717, 1.165) is 88.4 Å². The van der Waals surface area contributed by atoms with Crippen molar-refractivity contribution in [1.29, 1.82) is 0 Å². The summed E-state index contributed by atoms with van der Waals surface area (Å²) < 4.78 is 19.4. The van der Waals surface area contributed by atoms with Crippen molar-refractivity contribution in [1.82, 2.24) is 0 Å². The van der Waals surface area contributed by atoms with Gasteiger partial charge in [-0.05, 0) is 106 Å². The molecule has 12 rings (SSSR count). The van der Waals surface area contributed by atoms with Crippen LogP contribution in [0.15, 0.2) is 177 Å². The molecule has 0 saturated carbocycles. The lowest BCUT2D eigenvalue weighted by Crippen LogP contribution is -2.16. The molecule has 55 heavy (non-hydrogen) atoms. The Labute approximate surface area is 316 Å². The number of fused-ring (bicyclic) bond motifs is 12. The molecule has 11 aromatic rings. The normalized spacial score (nSPS) is 13.4. The lowest BCUT2D eigenvalue weighted by molar-refractivity contribution is 0.660. The standard InChI is InChI=1S/C51H33NO3/c1-51(2)43-14-8-6-12-35(43)36-20-17-33(26-44(36)51)52(32-19-23-47-40(25-32)37-13-7-9-15-45(37)53-47)34-18-21-38-41-28-50-42(29-49(41)55-48(38)27-34)39-24-31(16-22-46(39)54-50)30-10-4-3-5-11-30/h3-29H,1-2H3. The monoisotopic (exact) mass is 707 g/mol. The number of rotatable bonds is 4. The SMILES string of the molecule is CC1(C)c2ccccc2-c2ccc(N(c3ccc4c(c3)oc3cc5c(cc34)oc3ccc(-c4ccccc4)cc35)c3ccc4oc5ccccc5c4c3)cc21. The van der Waals surface area contributed by atoms with E-state index in [9.17, 15) is 0 Å². The second-order valence-electron chi connectivity index (χ2n) is 15.3. The summed E-state index contributed by atoms with van der Waals surface area (Å²) in [5.74, 6) is 0. The molecule has 0 amide bonds. The molecule has 1 aliphatic carbocycles. The smallest absolute Gasteiger partial charge is 0.137 e. The van der Waals surface area contributed by atoms with E-state index >= 15 is 0 Å². The van der Waals surface area contributed by atoms with Gasteiger partial charge in [0.1, 0.15) is 33.5 Å². The van der Waals surface area contributed by atoms with Gasteiger partial charge < -0.3 is 18.2 Å². The van der Waals surface area contributed by atoms with Crippen molar-refractivity contribution >= 4 is 82.9 Å². The number of hydrogen-bond acceptors (Lipinski definition) is 4. The highest BCUT2D eigenvalue weighted by atomic mass is 16.3. The average Bonchev–Trinajstić information content (AvgIpc) is 3.95. The van der Waals surface area contributed by atoms with E-state index in [1.165, 1.54) is 27.8 Å². The number of furan rings is 3. The third-order valence-corrected chi connectivity index (χ3v) is 11.9. The van der Waals surface area contributed by atoms with Crippen molar-refractivity contribution in [2.75, 3.05) is 4.90 Å². The fraction of sp³-hybridized carbons (Fsp3) is 0.0588. The van der Waals surface area contributed by atoms with Crippen molar-refractivity contribution in [2.24, 2.45) is 0 Å². The zero-order valence-electron chi connectivity index (χ0n) is 30.3. The lowest BCUT2D eigenvalue weighted by Gasteiger charge is -2.28. The third-order valence-electron chi connectivity index (χ3n) is 11.9. The molecular formula is C51H33NO3. The first-order valence-corrected chi connectivity index (χ1v) is 18.8. The van der Waals surface area contributed by atoms with E-state index in [-0.39, 0.29) is 5.41 Å². The molecule has 4 nitrogen and oxygen atoms in total. The molecule has 0 N–H and O–H groups in total. The first kappa shape index (κ1) is 30.4. The molecule has 0 bridgehead atoms. The molecule has 0 saturated heterocycles. The van der Waals surface area contributed by atoms with Crippen molar-refractivity contribution < 1.29 is 13.3 Å². The van der Waals surface area contributed by atoms with E-state index in [0.29, 0.717) is 0 Å². The molecule has 0 radical (unpaired) electrons. The zero-order valence-corrected chi connectivity index (χ0v) is 30.3. The molecule has 1 aliphatic rings. The summed E-state index contributed by atoms with van der Waals surface area (Å²) in [5, 5.41) is 6.39. The van der Waals surface area contributed by atoms with Crippen molar-refractivity contribution in [2.45, 2.75) is 19.3 Å². The largest absolute Gasteiger partial charge is 0.456 e. The Balaban J connectivity index is 1.04. The quantitative estimate of drug-likeness (QED) is 0.183. The highest BCUT2D eigenvalue weighted by molar-refractivity contribution is 6.16. The summed E-state index contributed by atoms with van der Waals surface area (Å²) >= 11 is 0. The van der Waals surface area contributed by atoms with Crippen LogP contribution in [-0.4, -0.2) is 0 Å². The van der Waals surface area contributed by atoms with Crippen LogP contribution < -0.4 is 4.90 Å². The summed E-state index contributed by atoms with van der Waals surface area (Å²) in [7, 11) is 0. The van der Waals surface area contributed by atoms with Crippen LogP contribution >= 0.6 is 0 Å². The minimum atomic E-state index is -0.135. The maximum absolute atomic E-state index is 6.74. The number of para-hydroxylation sites is 1. The Morgan fingerprint density at radius 1 is 0.345 bits per heavy atom. The Hall–Kier alpha value is -7.04. The Bertz CT molecular complexity index is 3360. The van der Waals surface area contributed by atoms with Crippen LogP contribution in [0.4, 0.5) is 17.1 Å². The van der Waals surface area contributed by atoms with Gasteiger partial charge in [-0.2, -0.15) is 0 Å². The lowest BCUT2D eigenvalue weighted by atomic mass is 9.82. The van der Waals surface area contributed by atoms with Crippen LogP contribution in [0.3, 0.4) is 0 Å². The summed E-state index contributed by atoms with van der Waals surface area (Å²) in [4.78, 5) is 2.34. The van der Waals surface area contributed by atoms with Gasteiger partial charge in [0.2, 0.25) is 0 Å².